The van der Waals surface area contributed by atoms with Crippen LogP contribution in [0.2, 0.25) is 0 Å². The maximum atomic E-state index is 13.7. The number of nitrogens with one attached hydrogen (secondary N) is 4. The van der Waals surface area contributed by atoms with Crippen molar-refractivity contribution in [2.45, 2.75) is 84.5 Å². The maximum absolute atomic E-state index is 13.7. The molecule has 2 fully saturated rings. The molecule has 4 atom stereocenters. The van der Waals surface area contributed by atoms with Crippen LogP contribution in [0.15, 0.2) is 42.6 Å². The normalized spacial score (nSPS) is 18.5. The lowest BCUT2D eigenvalue weighted by Gasteiger charge is -2.30. The fraction of sp³-hybridized carbons (Fsp3) is 0.439. The van der Waals surface area contributed by atoms with E-state index in [1.165, 1.54) is 14.0 Å². The number of benzene rings is 2. The molecular weight excluding hydrogens is 731 g/mol. The Hall–Kier alpha value is -5.57. The Morgan fingerprint density at radius 2 is 1.46 bits per heavy atom. The molecule has 4 N–H and O–H groups in total. The van der Waals surface area contributed by atoms with Gasteiger partial charge in [-0.15, -0.1) is 11.3 Å². The van der Waals surface area contributed by atoms with E-state index in [4.69, 9.17) is 19.7 Å². The highest BCUT2D eigenvalue weighted by molar-refractivity contribution is 7.23. The van der Waals surface area contributed by atoms with Gasteiger partial charge in [0.25, 0.3) is 0 Å². The molecule has 0 aliphatic carbocycles. The summed E-state index contributed by atoms with van der Waals surface area (Å²) < 4.78 is 5.87. The number of aromatic nitrogens is 5. The predicted molar refractivity (Wildman–Crippen MR) is 216 cm³/mol. The van der Waals surface area contributed by atoms with Crippen LogP contribution in [0.3, 0.4) is 0 Å². The van der Waals surface area contributed by atoms with Crippen molar-refractivity contribution >= 4 is 78.2 Å². The van der Waals surface area contributed by atoms with Crippen molar-refractivity contribution in [3.8, 4) is 10.4 Å². The molecule has 6 heterocycles. The first-order chi connectivity index (χ1) is 26.9. The molecular formula is C41H47N9O5S. The molecule has 292 valence electrons. The zero-order chi connectivity index (χ0) is 39.4. The van der Waals surface area contributed by atoms with Crippen LogP contribution in [-0.2, 0) is 19.1 Å². The molecule has 4 amide bonds. The van der Waals surface area contributed by atoms with E-state index < -0.39 is 18.2 Å². The number of amides is 4. The minimum Gasteiger partial charge on any atom is -0.453 e. The second-order valence-corrected chi connectivity index (χ2v) is 16.7. The summed E-state index contributed by atoms with van der Waals surface area (Å²) >= 11 is 1.69. The Balaban J connectivity index is 1.07. The molecule has 14 nitrogen and oxygen atoms in total. The fourth-order valence-corrected chi connectivity index (χ4v) is 9.47. The smallest absolute Gasteiger partial charge is 0.407 e. The first kappa shape index (κ1) is 37.4. The number of likely N-dealkylation sites (tertiary alicyclic amines) is 2. The van der Waals surface area contributed by atoms with Crippen molar-refractivity contribution in [2.75, 3.05) is 20.2 Å². The molecule has 0 radical (unpaired) electrons. The lowest BCUT2D eigenvalue weighted by Crippen LogP contribution is -2.51. The number of imidazole rings is 2. The van der Waals surface area contributed by atoms with E-state index in [0.717, 1.165) is 79.4 Å². The summed E-state index contributed by atoms with van der Waals surface area (Å²) in [4.78, 5) is 77.7. The predicted octanol–water partition coefficient (Wildman–Crippen LogP) is 6.74. The molecule has 8 rings (SSSR count). The molecule has 2 aliphatic heterocycles. The topological polar surface area (TPSA) is 178 Å². The van der Waals surface area contributed by atoms with Crippen LogP contribution in [0.25, 0.3) is 53.5 Å². The Bertz CT molecular complexity index is 2500. The molecule has 15 heteroatoms. The number of alkyl carbamates (subject to hydrolysis) is 1. The fourth-order valence-electron chi connectivity index (χ4n) is 8.31. The molecule has 56 heavy (non-hydrogen) atoms. The third-order valence-corrected chi connectivity index (χ3v) is 12.4. The number of hydrogen-bond acceptors (Lipinski definition) is 9. The Kier molecular flexibility index (Phi) is 9.89. The largest absolute Gasteiger partial charge is 0.453 e. The van der Waals surface area contributed by atoms with E-state index in [1.54, 1.807) is 16.2 Å². The number of fused-ring (bicyclic) bond motifs is 6. The Labute approximate surface area is 327 Å². The highest BCUT2D eigenvalue weighted by Crippen LogP contribution is 2.41. The van der Waals surface area contributed by atoms with Crippen molar-refractivity contribution in [3.63, 3.8) is 0 Å². The van der Waals surface area contributed by atoms with E-state index in [0.29, 0.717) is 24.6 Å². The van der Waals surface area contributed by atoms with Crippen LogP contribution in [0, 0.1) is 11.8 Å². The number of hydrogen-bond donors (Lipinski definition) is 4. The monoisotopic (exact) mass is 777 g/mol. The van der Waals surface area contributed by atoms with Crippen LogP contribution in [0.5, 0.6) is 0 Å². The van der Waals surface area contributed by atoms with Crippen LogP contribution in [0.4, 0.5) is 4.79 Å². The first-order valence-electron chi connectivity index (χ1n) is 19.3. The summed E-state index contributed by atoms with van der Waals surface area (Å²) in [6.45, 7) is 10.3. The number of methoxy groups -OCH3 is 1. The standard InChI is InChI=1S/C41H47N9O5S/c1-20(2)31(43-22(5)51)39(52)49-15-7-9-28(49)36-44-27-14-12-24-18-30(56-35(24)34(27)46-36)23-11-13-26-25(17-23)19-42-38-33(26)45-37(48-38)29-10-8-16-50(29)40(53)32(21(3)4)47-41(54)55-6/h11-14,17-21,28-29,31-32H,7-10,15-16H2,1-6H3,(H,43,51)(H,44,46)(H,47,54)(H,42,45,48)/t28-,29-,31-,32-/m0/s1. The number of nitrogens with zero attached hydrogens (tertiary/aromatic N) is 5. The van der Waals surface area contributed by atoms with Gasteiger partial charge in [-0.2, -0.15) is 0 Å². The van der Waals surface area contributed by atoms with Crippen LogP contribution in [0.1, 0.15) is 84.0 Å². The van der Waals surface area contributed by atoms with Gasteiger partial charge in [0.2, 0.25) is 17.7 Å². The minimum absolute atomic E-state index is 0.0385. The summed E-state index contributed by atoms with van der Waals surface area (Å²) in [7, 11) is 1.29. The van der Waals surface area contributed by atoms with Gasteiger partial charge in [0, 0.05) is 41.9 Å². The second kappa shape index (κ2) is 14.8. The number of thiophene rings is 1. The SMILES string of the molecule is COC(=O)N[C@H](C(=O)N1CCC[C@H]1c1nc2ncc3cc(-c4cc5ccc6nc([C@@H]7CCCN7C(=O)[C@@H](NC(C)=O)C(C)C)[nH]c6c5s4)ccc3c2[nH]1)C(C)C. The maximum Gasteiger partial charge on any atom is 0.407 e. The van der Waals surface area contributed by atoms with Gasteiger partial charge in [0.1, 0.15) is 23.7 Å². The average Bonchev–Trinajstić information content (AvgIpc) is 4.02. The first-order valence-corrected chi connectivity index (χ1v) is 20.2. The van der Waals surface area contributed by atoms with Crippen molar-refractivity contribution in [1.29, 1.82) is 0 Å². The number of carbonyl (C=O) groups is 4. The minimum atomic E-state index is -0.710. The quantitative estimate of drug-likeness (QED) is 0.125. The van der Waals surface area contributed by atoms with E-state index in [1.807, 2.05) is 44.9 Å². The molecule has 2 aliphatic rings. The third kappa shape index (κ3) is 6.71. The van der Waals surface area contributed by atoms with Gasteiger partial charge in [0.05, 0.1) is 40.4 Å². The number of aromatic amines is 2. The average molecular weight is 778 g/mol. The lowest BCUT2D eigenvalue weighted by molar-refractivity contribution is -0.138. The zero-order valence-electron chi connectivity index (χ0n) is 32.4. The molecule has 2 aromatic carbocycles. The second-order valence-electron chi connectivity index (χ2n) is 15.7. The summed E-state index contributed by atoms with van der Waals surface area (Å²) in [5, 5.41) is 8.60. The van der Waals surface area contributed by atoms with E-state index >= 15 is 0 Å². The summed E-state index contributed by atoms with van der Waals surface area (Å²) in [5.41, 5.74) is 4.26. The number of H-pyrrole nitrogens is 2. The lowest BCUT2D eigenvalue weighted by atomic mass is 10.0. The molecule has 0 spiro atoms. The summed E-state index contributed by atoms with van der Waals surface area (Å²) in [6.07, 6.45) is 4.46. The Morgan fingerprint density at radius 3 is 2.11 bits per heavy atom. The van der Waals surface area contributed by atoms with Crippen molar-refractivity contribution < 1.29 is 23.9 Å². The van der Waals surface area contributed by atoms with Crippen LogP contribution < -0.4 is 10.6 Å². The summed E-state index contributed by atoms with van der Waals surface area (Å²) in [5.74, 6) is 0.842. The van der Waals surface area contributed by atoms with Gasteiger partial charge < -0.3 is 35.1 Å². The third-order valence-electron chi connectivity index (χ3n) is 11.2. The highest BCUT2D eigenvalue weighted by atomic mass is 32.1. The van der Waals surface area contributed by atoms with Crippen molar-refractivity contribution in [1.82, 2.24) is 45.4 Å². The highest BCUT2D eigenvalue weighted by Gasteiger charge is 2.39. The number of ether oxygens (including phenoxy) is 1. The summed E-state index contributed by atoms with van der Waals surface area (Å²) in [6, 6.07) is 10.9. The Morgan fingerprint density at radius 1 is 0.821 bits per heavy atom. The van der Waals surface area contributed by atoms with Gasteiger partial charge in [-0.25, -0.2) is 19.7 Å². The molecule has 0 saturated carbocycles. The molecule has 2 saturated heterocycles. The molecule has 0 unspecified atom stereocenters. The van der Waals surface area contributed by atoms with Gasteiger partial charge >= 0.3 is 6.09 Å². The number of carbonyl (C=O) groups excluding carboxylic acids is 4. The van der Waals surface area contributed by atoms with Crippen molar-refractivity contribution in [3.05, 3.63) is 54.2 Å². The van der Waals surface area contributed by atoms with Gasteiger partial charge in [-0.1, -0.05) is 45.9 Å². The van der Waals surface area contributed by atoms with Gasteiger partial charge in [-0.05, 0) is 66.7 Å². The molecule has 6 aromatic rings. The number of rotatable bonds is 9. The van der Waals surface area contributed by atoms with Crippen LogP contribution in [-0.4, -0.2) is 90.8 Å². The number of pyridine rings is 1. The zero-order valence-corrected chi connectivity index (χ0v) is 33.3. The van der Waals surface area contributed by atoms with Gasteiger partial charge in [0.15, 0.2) is 5.65 Å². The van der Waals surface area contributed by atoms with Gasteiger partial charge in [-0.3, -0.25) is 14.4 Å². The molecule has 4 aromatic heterocycles. The van der Waals surface area contributed by atoms with E-state index in [2.05, 4.69) is 50.9 Å². The molecule has 0 bridgehead atoms. The van der Waals surface area contributed by atoms with Crippen molar-refractivity contribution in [2.24, 2.45) is 11.8 Å². The van der Waals surface area contributed by atoms with E-state index in [-0.39, 0.29) is 41.6 Å². The van der Waals surface area contributed by atoms with Crippen LogP contribution >= 0.6 is 11.3 Å². The van der Waals surface area contributed by atoms with E-state index in [9.17, 15) is 19.2 Å².